The van der Waals surface area contributed by atoms with Gasteiger partial charge in [-0.05, 0) is 29.8 Å². The summed E-state index contributed by atoms with van der Waals surface area (Å²) < 4.78 is 36.9. The largest absolute Gasteiger partial charge is 0.365 e. The minimum atomic E-state index is -3.35. The average molecular weight is 359 g/mol. The molecule has 20 heavy (non-hydrogen) atoms. The van der Waals surface area contributed by atoms with Crippen molar-refractivity contribution in [3.63, 3.8) is 0 Å². The van der Waals surface area contributed by atoms with Crippen molar-refractivity contribution in [3.05, 3.63) is 52.4 Å². The molecular weight excluding hydrogens is 347 g/mol. The number of hydrogen-bond donors (Lipinski definition) is 1. The Morgan fingerprint density at radius 3 is 2.75 bits per heavy atom. The molecule has 1 aromatic carbocycles. The fourth-order valence-corrected chi connectivity index (χ4v) is 2.96. The Labute approximate surface area is 125 Å². The van der Waals surface area contributed by atoms with Crippen molar-refractivity contribution < 1.29 is 12.8 Å². The predicted octanol–water partition coefficient (Wildman–Crippen LogP) is 3.00. The Kier molecular flexibility index (Phi) is 4.39. The zero-order valence-corrected chi connectivity index (χ0v) is 13.0. The molecule has 106 valence electrons. The molecule has 0 spiro atoms. The molecule has 0 radical (unpaired) electrons. The first kappa shape index (κ1) is 14.9. The van der Waals surface area contributed by atoms with E-state index < -0.39 is 9.84 Å². The molecule has 0 fully saturated rings. The van der Waals surface area contributed by atoms with Crippen molar-refractivity contribution in [2.75, 3.05) is 11.6 Å². The summed E-state index contributed by atoms with van der Waals surface area (Å²) in [5.74, 6) is -0.0542. The zero-order chi connectivity index (χ0) is 14.8. The lowest BCUT2D eigenvalue weighted by atomic mass is 10.2. The van der Waals surface area contributed by atoms with Crippen molar-refractivity contribution in [1.82, 2.24) is 4.98 Å². The van der Waals surface area contributed by atoms with Crippen LogP contribution in [0.25, 0.3) is 0 Å². The zero-order valence-electron chi connectivity index (χ0n) is 10.6. The highest BCUT2D eigenvalue weighted by Gasteiger charge is 2.13. The molecule has 2 rings (SSSR count). The fraction of sp³-hybridized carbons (Fsp3) is 0.154. The summed E-state index contributed by atoms with van der Waals surface area (Å²) >= 11 is 3.26. The van der Waals surface area contributed by atoms with Gasteiger partial charge in [0.1, 0.15) is 16.5 Å². The van der Waals surface area contributed by atoms with Crippen LogP contribution in [0, 0.1) is 5.82 Å². The Hall–Kier alpha value is -1.47. The van der Waals surface area contributed by atoms with Gasteiger partial charge in [0.15, 0.2) is 9.84 Å². The normalized spacial score (nSPS) is 11.3. The van der Waals surface area contributed by atoms with Crippen LogP contribution in [0.15, 0.2) is 45.9 Å². The lowest BCUT2D eigenvalue weighted by molar-refractivity contribution is 0.601. The second-order valence-corrected chi connectivity index (χ2v) is 7.05. The first-order valence-electron chi connectivity index (χ1n) is 5.71. The second kappa shape index (κ2) is 5.88. The van der Waals surface area contributed by atoms with Crippen molar-refractivity contribution >= 4 is 31.6 Å². The Balaban J connectivity index is 2.24. The van der Waals surface area contributed by atoms with E-state index in [2.05, 4.69) is 26.2 Å². The minimum absolute atomic E-state index is 0.137. The Morgan fingerprint density at radius 1 is 1.35 bits per heavy atom. The average Bonchev–Trinajstić information content (AvgIpc) is 2.37. The topological polar surface area (TPSA) is 59.1 Å². The molecule has 4 nitrogen and oxygen atoms in total. The maximum absolute atomic E-state index is 13.0. The van der Waals surface area contributed by atoms with Gasteiger partial charge in [0.2, 0.25) is 0 Å². The van der Waals surface area contributed by atoms with Crippen LogP contribution in [-0.4, -0.2) is 19.7 Å². The van der Waals surface area contributed by atoms with Crippen molar-refractivity contribution in [3.8, 4) is 0 Å². The van der Waals surface area contributed by atoms with Crippen molar-refractivity contribution in [2.24, 2.45) is 0 Å². The standard InChI is InChI=1S/C13H12BrFN2O2S/c1-20(18,19)12-3-2-6-16-13(12)17-8-9-4-5-10(15)7-11(9)14/h2-7H,8H2,1H3,(H,16,17). The summed E-state index contributed by atoms with van der Waals surface area (Å²) in [4.78, 5) is 4.17. The highest BCUT2D eigenvalue weighted by molar-refractivity contribution is 9.10. The molecular formula is C13H12BrFN2O2S. The van der Waals surface area contributed by atoms with Gasteiger partial charge < -0.3 is 5.32 Å². The number of sulfone groups is 1. The molecule has 0 atom stereocenters. The summed E-state index contributed by atoms with van der Waals surface area (Å²) in [6, 6.07) is 7.37. The Morgan fingerprint density at radius 2 is 2.10 bits per heavy atom. The molecule has 0 aliphatic rings. The number of nitrogens with one attached hydrogen (secondary N) is 1. The third kappa shape index (κ3) is 3.55. The molecule has 0 unspecified atom stereocenters. The van der Waals surface area contributed by atoms with Gasteiger partial charge in [-0.3, -0.25) is 0 Å². The molecule has 0 aliphatic carbocycles. The van der Waals surface area contributed by atoms with Crippen LogP contribution in [0.2, 0.25) is 0 Å². The number of nitrogens with zero attached hydrogens (tertiary/aromatic N) is 1. The number of anilines is 1. The van der Waals surface area contributed by atoms with Gasteiger partial charge in [0.25, 0.3) is 0 Å². The van der Waals surface area contributed by atoms with E-state index in [0.29, 0.717) is 11.0 Å². The number of hydrogen-bond acceptors (Lipinski definition) is 4. The van der Waals surface area contributed by atoms with Crippen LogP contribution in [0.4, 0.5) is 10.2 Å². The SMILES string of the molecule is CS(=O)(=O)c1cccnc1NCc1ccc(F)cc1Br. The van der Waals surface area contributed by atoms with Crippen LogP contribution >= 0.6 is 15.9 Å². The van der Waals surface area contributed by atoms with E-state index >= 15 is 0 Å². The summed E-state index contributed by atoms with van der Waals surface area (Å²) in [6.07, 6.45) is 2.64. The maximum Gasteiger partial charge on any atom is 0.179 e. The number of aromatic nitrogens is 1. The van der Waals surface area contributed by atoms with E-state index in [0.717, 1.165) is 11.8 Å². The molecule has 0 aliphatic heterocycles. The van der Waals surface area contributed by atoms with Crippen LogP contribution in [0.3, 0.4) is 0 Å². The molecule has 2 aromatic rings. The quantitative estimate of drug-likeness (QED) is 0.912. The molecule has 1 aromatic heterocycles. The van der Waals surface area contributed by atoms with Gasteiger partial charge in [0, 0.05) is 23.5 Å². The van der Waals surface area contributed by atoms with Crippen LogP contribution in [0.1, 0.15) is 5.56 Å². The second-order valence-electron chi connectivity index (χ2n) is 4.21. The highest BCUT2D eigenvalue weighted by atomic mass is 79.9. The lowest BCUT2D eigenvalue weighted by Crippen LogP contribution is -2.08. The van der Waals surface area contributed by atoms with E-state index in [1.165, 1.54) is 24.4 Å². The summed E-state index contributed by atoms with van der Waals surface area (Å²) in [6.45, 7) is 0.334. The van der Waals surface area contributed by atoms with Gasteiger partial charge in [-0.15, -0.1) is 0 Å². The molecule has 0 amide bonds. The van der Waals surface area contributed by atoms with Crippen molar-refractivity contribution in [1.29, 1.82) is 0 Å². The third-order valence-electron chi connectivity index (χ3n) is 2.63. The number of benzene rings is 1. The van der Waals surface area contributed by atoms with Crippen LogP contribution < -0.4 is 5.32 Å². The van der Waals surface area contributed by atoms with Crippen LogP contribution in [0.5, 0.6) is 0 Å². The Bertz CT molecular complexity index is 735. The van der Waals surface area contributed by atoms with Crippen LogP contribution in [-0.2, 0) is 16.4 Å². The first-order valence-corrected chi connectivity index (χ1v) is 8.39. The van der Waals surface area contributed by atoms with E-state index in [-0.39, 0.29) is 16.5 Å². The van der Waals surface area contributed by atoms with E-state index in [9.17, 15) is 12.8 Å². The van der Waals surface area contributed by atoms with Crippen molar-refractivity contribution in [2.45, 2.75) is 11.4 Å². The molecule has 0 bridgehead atoms. The molecule has 0 saturated carbocycles. The smallest absolute Gasteiger partial charge is 0.179 e. The number of rotatable bonds is 4. The third-order valence-corrected chi connectivity index (χ3v) is 4.50. The molecule has 1 N–H and O–H groups in total. The number of halogens is 2. The molecule has 7 heteroatoms. The van der Waals surface area contributed by atoms with Gasteiger partial charge >= 0.3 is 0 Å². The van der Waals surface area contributed by atoms with E-state index in [4.69, 9.17) is 0 Å². The summed E-state index contributed by atoms with van der Waals surface area (Å²) in [5.41, 5.74) is 0.802. The maximum atomic E-state index is 13.0. The minimum Gasteiger partial charge on any atom is -0.365 e. The highest BCUT2D eigenvalue weighted by Crippen LogP contribution is 2.22. The monoisotopic (exact) mass is 358 g/mol. The number of pyridine rings is 1. The van der Waals surface area contributed by atoms with Gasteiger partial charge in [-0.1, -0.05) is 22.0 Å². The summed E-state index contributed by atoms with van der Waals surface area (Å²) in [7, 11) is -3.35. The first-order chi connectivity index (χ1) is 9.38. The van der Waals surface area contributed by atoms with Gasteiger partial charge in [0.05, 0.1) is 0 Å². The molecule has 1 heterocycles. The molecule has 0 saturated heterocycles. The fourth-order valence-electron chi connectivity index (χ4n) is 1.67. The van der Waals surface area contributed by atoms with Gasteiger partial charge in [-0.2, -0.15) is 0 Å². The lowest BCUT2D eigenvalue weighted by Gasteiger charge is -2.10. The van der Waals surface area contributed by atoms with Gasteiger partial charge in [-0.25, -0.2) is 17.8 Å². The summed E-state index contributed by atoms with van der Waals surface area (Å²) in [5, 5.41) is 2.95. The predicted molar refractivity (Wildman–Crippen MR) is 78.8 cm³/mol. The van der Waals surface area contributed by atoms with E-state index in [1.807, 2.05) is 0 Å². The van der Waals surface area contributed by atoms with E-state index in [1.54, 1.807) is 12.1 Å².